The first-order valence-corrected chi connectivity index (χ1v) is 3.06. The van der Waals surface area contributed by atoms with Crippen molar-refractivity contribution in [3.8, 4) is 0 Å². The zero-order chi connectivity index (χ0) is 7.28. The first-order valence-electron chi connectivity index (χ1n) is 3.06. The number of hydrogen-bond acceptors (Lipinski definition) is 3. The molecule has 0 fully saturated rings. The van der Waals surface area contributed by atoms with Crippen LogP contribution < -0.4 is 0 Å². The summed E-state index contributed by atoms with van der Waals surface area (Å²) in [7, 11) is 1.74. The molecular formula is C6H13NO2. The van der Waals surface area contributed by atoms with Gasteiger partial charge >= 0.3 is 5.97 Å². The minimum atomic E-state index is -0.258. The summed E-state index contributed by atoms with van der Waals surface area (Å²) in [6.45, 7) is 4.21. The maximum Gasteiger partial charge on any atom is 0.322 e. The zero-order valence-corrected chi connectivity index (χ0v) is 6.18. The van der Waals surface area contributed by atoms with Gasteiger partial charge in [0.15, 0.2) is 0 Å². The molecule has 54 valence electrons. The molecular weight excluding hydrogens is 118 g/mol. The Morgan fingerprint density at radius 3 is 2.56 bits per heavy atom. The van der Waals surface area contributed by atoms with Crippen LogP contribution in [0.25, 0.3) is 0 Å². The Bertz CT molecular complexity index is 93.1. The van der Waals surface area contributed by atoms with E-state index in [1.54, 1.807) is 7.05 Å². The van der Waals surface area contributed by atoms with Crippen molar-refractivity contribution in [2.24, 2.45) is 0 Å². The van der Waals surface area contributed by atoms with Gasteiger partial charge in [-0.25, -0.2) is 0 Å². The monoisotopic (exact) mass is 131 g/mol. The van der Waals surface area contributed by atoms with Crippen molar-refractivity contribution in [2.45, 2.75) is 20.3 Å². The van der Waals surface area contributed by atoms with E-state index < -0.39 is 0 Å². The van der Waals surface area contributed by atoms with Crippen LogP contribution >= 0.6 is 0 Å². The van der Waals surface area contributed by atoms with Gasteiger partial charge in [-0.3, -0.25) is 4.79 Å². The topological polar surface area (TPSA) is 29.5 Å². The first kappa shape index (κ1) is 8.43. The van der Waals surface area contributed by atoms with Crippen molar-refractivity contribution < 1.29 is 9.63 Å². The molecule has 0 unspecified atom stereocenters. The molecule has 0 aromatic heterocycles. The van der Waals surface area contributed by atoms with Crippen molar-refractivity contribution in [2.75, 3.05) is 13.6 Å². The zero-order valence-electron chi connectivity index (χ0n) is 6.18. The number of hydrogen-bond donors (Lipinski definition) is 0. The molecule has 0 aliphatic heterocycles. The smallest absolute Gasteiger partial charge is 0.322 e. The maximum atomic E-state index is 10.3. The second-order valence-electron chi connectivity index (χ2n) is 1.93. The average molecular weight is 131 g/mol. The van der Waals surface area contributed by atoms with Crippen LogP contribution in [-0.4, -0.2) is 24.6 Å². The molecule has 0 spiro atoms. The number of carbonyl (C=O) groups is 1. The van der Waals surface area contributed by atoms with Gasteiger partial charge < -0.3 is 4.84 Å². The van der Waals surface area contributed by atoms with Gasteiger partial charge in [-0.05, 0) is 6.42 Å². The molecule has 0 aromatic carbocycles. The van der Waals surface area contributed by atoms with Crippen LogP contribution in [0.1, 0.15) is 20.3 Å². The van der Waals surface area contributed by atoms with Crippen molar-refractivity contribution in [3.05, 3.63) is 0 Å². The molecule has 3 nitrogen and oxygen atoms in total. The lowest BCUT2D eigenvalue weighted by Crippen LogP contribution is -2.22. The fourth-order valence-corrected chi connectivity index (χ4v) is 0.580. The third-order valence-corrected chi connectivity index (χ3v) is 0.823. The SMILES string of the molecule is CCCN(C)OC(C)=O. The number of carbonyl (C=O) groups excluding carboxylic acids is 1. The summed E-state index contributed by atoms with van der Waals surface area (Å²) in [6, 6.07) is 0. The van der Waals surface area contributed by atoms with Gasteiger partial charge in [0.25, 0.3) is 0 Å². The molecule has 0 N–H and O–H groups in total. The van der Waals surface area contributed by atoms with Gasteiger partial charge in [0.1, 0.15) is 0 Å². The molecule has 0 amide bonds. The molecule has 0 aliphatic rings. The molecule has 0 saturated heterocycles. The summed E-state index contributed by atoms with van der Waals surface area (Å²) in [5, 5.41) is 1.53. The second kappa shape index (κ2) is 4.32. The molecule has 0 atom stereocenters. The first-order chi connectivity index (χ1) is 4.16. The number of nitrogens with zero attached hydrogens (tertiary/aromatic N) is 1. The van der Waals surface area contributed by atoms with Gasteiger partial charge in [0.05, 0.1) is 0 Å². The molecule has 9 heavy (non-hydrogen) atoms. The summed E-state index contributed by atoms with van der Waals surface area (Å²) < 4.78 is 0. The van der Waals surface area contributed by atoms with Gasteiger partial charge in [0, 0.05) is 20.5 Å². The average Bonchev–Trinajstić information content (AvgIpc) is 1.63. The summed E-state index contributed by atoms with van der Waals surface area (Å²) >= 11 is 0. The lowest BCUT2D eigenvalue weighted by atomic mass is 10.5. The van der Waals surface area contributed by atoms with Crippen LogP contribution in [0.4, 0.5) is 0 Å². The van der Waals surface area contributed by atoms with E-state index in [1.807, 2.05) is 6.92 Å². The highest BCUT2D eigenvalue weighted by Crippen LogP contribution is 1.87. The molecule has 0 radical (unpaired) electrons. The van der Waals surface area contributed by atoms with Gasteiger partial charge in [-0.15, -0.1) is 5.06 Å². The largest absolute Gasteiger partial charge is 0.369 e. The summed E-state index contributed by atoms with van der Waals surface area (Å²) in [5.41, 5.74) is 0. The lowest BCUT2D eigenvalue weighted by Gasteiger charge is -2.12. The molecule has 0 saturated carbocycles. The minimum absolute atomic E-state index is 0.258. The standard InChI is InChI=1S/C6H13NO2/c1-4-5-7(3)9-6(2)8/h4-5H2,1-3H3. The highest BCUT2D eigenvalue weighted by molar-refractivity contribution is 5.65. The normalized spacial score (nSPS) is 9.78. The van der Waals surface area contributed by atoms with Gasteiger partial charge in [-0.1, -0.05) is 6.92 Å². The van der Waals surface area contributed by atoms with Crippen LogP contribution in [0.15, 0.2) is 0 Å². The Morgan fingerprint density at radius 2 is 2.22 bits per heavy atom. The minimum Gasteiger partial charge on any atom is -0.369 e. The molecule has 3 heteroatoms. The van der Waals surface area contributed by atoms with E-state index in [9.17, 15) is 4.79 Å². The van der Waals surface area contributed by atoms with Crippen LogP contribution in [-0.2, 0) is 9.63 Å². The predicted molar refractivity (Wildman–Crippen MR) is 34.7 cm³/mol. The highest BCUT2D eigenvalue weighted by atomic mass is 16.7. The summed E-state index contributed by atoms with van der Waals surface area (Å²) in [6.07, 6.45) is 0.990. The van der Waals surface area contributed by atoms with Crippen LogP contribution in [0, 0.1) is 0 Å². The van der Waals surface area contributed by atoms with E-state index in [1.165, 1.54) is 12.0 Å². The molecule has 0 aromatic rings. The van der Waals surface area contributed by atoms with Crippen molar-refractivity contribution in [1.82, 2.24) is 5.06 Å². The van der Waals surface area contributed by atoms with Crippen LogP contribution in [0.2, 0.25) is 0 Å². The molecule has 0 heterocycles. The van der Waals surface area contributed by atoms with Crippen LogP contribution in [0.3, 0.4) is 0 Å². The Morgan fingerprint density at radius 1 is 1.67 bits per heavy atom. The van der Waals surface area contributed by atoms with Crippen molar-refractivity contribution >= 4 is 5.97 Å². The molecule has 0 aliphatic carbocycles. The molecule has 0 bridgehead atoms. The Labute approximate surface area is 55.6 Å². The van der Waals surface area contributed by atoms with Crippen molar-refractivity contribution in [3.63, 3.8) is 0 Å². The van der Waals surface area contributed by atoms with Crippen LogP contribution in [0.5, 0.6) is 0 Å². The van der Waals surface area contributed by atoms with E-state index in [4.69, 9.17) is 0 Å². The van der Waals surface area contributed by atoms with E-state index in [0.29, 0.717) is 0 Å². The Hall–Kier alpha value is -0.570. The quantitative estimate of drug-likeness (QED) is 0.531. The molecule has 0 rings (SSSR count). The van der Waals surface area contributed by atoms with E-state index in [0.717, 1.165) is 13.0 Å². The van der Waals surface area contributed by atoms with Gasteiger partial charge in [0.2, 0.25) is 0 Å². The van der Waals surface area contributed by atoms with E-state index >= 15 is 0 Å². The Kier molecular flexibility index (Phi) is 4.05. The number of hydroxylamine groups is 2. The number of rotatable bonds is 3. The Balaban J connectivity index is 3.26. The third kappa shape index (κ3) is 5.30. The lowest BCUT2D eigenvalue weighted by molar-refractivity contribution is -0.181. The second-order valence-corrected chi connectivity index (χ2v) is 1.93. The van der Waals surface area contributed by atoms with Crippen molar-refractivity contribution in [1.29, 1.82) is 0 Å². The van der Waals surface area contributed by atoms with Gasteiger partial charge in [-0.2, -0.15) is 0 Å². The highest BCUT2D eigenvalue weighted by Gasteiger charge is 1.97. The van der Waals surface area contributed by atoms with E-state index in [-0.39, 0.29) is 5.97 Å². The third-order valence-electron chi connectivity index (χ3n) is 0.823. The van der Waals surface area contributed by atoms with E-state index in [2.05, 4.69) is 4.84 Å². The predicted octanol–water partition coefficient (Wildman–Crippen LogP) is 0.806. The fraction of sp³-hybridized carbons (Fsp3) is 0.833. The fourth-order valence-electron chi connectivity index (χ4n) is 0.580. The maximum absolute atomic E-state index is 10.3. The summed E-state index contributed by atoms with van der Waals surface area (Å²) in [4.78, 5) is 15.0. The summed E-state index contributed by atoms with van der Waals surface area (Å²) in [5.74, 6) is -0.258.